The second-order valence-electron chi connectivity index (χ2n) is 4.73. The van der Waals surface area contributed by atoms with E-state index in [2.05, 4.69) is 4.74 Å². The highest BCUT2D eigenvalue weighted by atomic mass is 19.4. The summed E-state index contributed by atoms with van der Waals surface area (Å²) in [4.78, 5) is 13.3. The van der Waals surface area contributed by atoms with Crippen LogP contribution in [-0.2, 0) is 0 Å². The third-order valence-electron chi connectivity index (χ3n) is 2.69. The summed E-state index contributed by atoms with van der Waals surface area (Å²) < 4.78 is 39.6. The van der Waals surface area contributed by atoms with Crippen LogP contribution < -0.4 is 4.74 Å². The zero-order chi connectivity index (χ0) is 14.3. The number of ether oxygens (including phenoxy) is 1. The molecule has 4 nitrogen and oxygen atoms in total. The Labute approximate surface area is 107 Å². The van der Waals surface area contributed by atoms with E-state index < -0.39 is 12.0 Å². The molecule has 104 valence electrons. The molecule has 0 bridgehead atoms. The molecule has 0 saturated carbocycles. The van der Waals surface area contributed by atoms with E-state index in [0.29, 0.717) is 0 Å². The molecule has 1 fully saturated rings. The maximum Gasteiger partial charge on any atom is 0.573 e. The molecule has 1 N–H and O–H groups in total. The predicted molar refractivity (Wildman–Crippen MR) is 59.7 cm³/mol. The molecule has 1 aromatic carbocycles. The first-order valence-corrected chi connectivity index (χ1v) is 5.54. The number of alkyl halides is 3. The van der Waals surface area contributed by atoms with Gasteiger partial charge in [0, 0.05) is 5.56 Å². The summed E-state index contributed by atoms with van der Waals surface area (Å²) in [5, 5.41) is 9.51. The van der Waals surface area contributed by atoms with Crippen molar-refractivity contribution in [2.24, 2.45) is 0 Å². The third kappa shape index (κ3) is 3.37. The van der Waals surface area contributed by atoms with Crippen LogP contribution in [0.1, 0.15) is 17.3 Å². The molecule has 2 rings (SSSR count). The maximum absolute atomic E-state index is 12.0. The quantitative estimate of drug-likeness (QED) is 0.895. The number of amides is 1. The van der Waals surface area contributed by atoms with Gasteiger partial charge in [0.15, 0.2) is 0 Å². The Morgan fingerprint density at radius 1 is 1.32 bits per heavy atom. The lowest BCUT2D eigenvalue weighted by molar-refractivity contribution is -0.274. The van der Waals surface area contributed by atoms with Crippen LogP contribution in [0.25, 0.3) is 0 Å². The highest BCUT2D eigenvalue weighted by molar-refractivity contribution is 5.95. The van der Waals surface area contributed by atoms with Gasteiger partial charge in [-0.2, -0.15) is 0 Å². The highest BCUT2D eigenvalue weighted by Gasteiger charge is 2.39. The molecular weight excluding hydrogens is 263 g/mol. The van der Waals surface area contributed by atoms with Crippen molar-refractivity contribution in [1.29, 1.82) is 0 Å². The monoisotopic (exact) mass is 275 g/mol. The van der Waals surface area contributed by atoms with Crippen molar-refractivity contribution in [2.45, 2.75) is 18.9 Å². The minimum atomic E-state index is -4.75. The molecular formula is C12H12F3NO3. The fraction of sp³-hybridized carbons (Fsp3) is 0.417. The molecule has 0 aliphatic carbocycles. The second kappa shape index (κ2) is 4.41. The predicted octanol–water partition coefficient (Wildman–Crippen LogP) is 1.79. The average Bonchev–Trinajstić information content (AvgIpc) is 2.23. The van der Waals surface area contributed by atoms with Crippen LogP contribution in [0, 0.1) is 0 Å². The van der Waals surface area contributed by atoms with Gasteiger partial charge in [-0.25, -0.2) is 0 Å². The molecule has 0 spiro atoms. The Balaban J connectivity index is 2.01. The molecule has 0 radical (unpaired) electrons. The Hall–Kier alpha value is -1.76. The smallest absolute Gasteiger partial charge is 0.406 e. The van der Waals surface area contributed by atoms with Gasteiger partial charge in [0.2, 0.25) is 0 Å². The number of aliphatic hydroxyl groups is 1. The normalized spacial score (nSPS) is 17.8. The van der Waals surface area contributed by atoms with Gasteiger partial charge in [0.25, 0.3) is 5.91 Å². The van der Waals surface area contributed by atoms with Crippen LogP contribution in [-0.4, -0.2) is 41.0 Å². The van der Waals surface area contributed by atoms with Crippen molar-refractivity contribution in [3.63, 3.8) is 0 Å². The van der Waals surface area contributed by atoms with Gasteiger partial charge < -0.3 is 14.7 Å². The van der Waals surface area contributed by atoms with Crippen LogP contribution in [0.2, 0.25) is 0 Å². The van der Waals surface area contributed by atoms with E-state index >= 15 is 0 Å². The van der Waals surface area contributed by atoms with E-state index in [1.54, 1.807) is 6.92 Å². The summed E-state index contributed by atoms with van der Waals surface area (Å²) in [7, 11) is 0. The Morgan fingerprint density at radius 3 is 2.26 bits per heavy atom. The summed E-state index contributed by atoms with van der Waals surface area (Å²) in [5.74, 6) is -0.704. The number of hydrogen-bond donors (Lipinski definition) is 1. The summed E-state index contributed by atoms with van der Waals surface area (Å²) in [6, 6.07) is 4.68. The van der Waals surface area contributed by atoms with Crippen LogP contribution in [0.15, 0.2) is 24.3 Å². The zero-order valence-corrected chi connectivity index (χ0v) is 10.1. The lowest BCUT2D eigenvalue weighted by Crippen LogP contribution is -2.61. The molecule has 1 heterocycles. The van der Waals surface area contributed by atoms with E-state index in [4.69, 9.17) is 0 Å². The van der Waals surface area contributed by atoms with Gasteiger partial charge in [-0.1, -0.05) is 0 Å². The number of carbonyl (C=O) groups is 1. The number of β-amino-alcohol motifs (C(OH)–C–C–N with tert-alkyl or cyclic N) is 1. The van der Waals surface area contributed by atoms with Crippen LogP contribution in [0.5, 0.6) is 5.75 Å². The minimum Gasteiger partial charge on any atom is -0.406 e. The number of benzene rings is 1. The van der Waals surface area contributed by atoms with E-state index in [9.17, 15) is 23.1 Å². The summed E-state index contributed by atoms with van der Waals surface area (Å²) in [6.45, 7) is 2.04. The highest BCUT2D eigenvalue weighted by Crippen LogP contribution is 2.25. The lowest BCUT2D eigenvalue weighted by Gasteiger charge is -2.44. The molecule has 0 atom stereocenters. The average molecular weight is 275 g/mol. The van der Waals surface area contributed by atoms with Crippen molar-refractivity contribution in [3.05, 3.63) is 29.8 Å². The number of carbonyl (C=O) groups excluding carboxylic acids is 1. The van der Waals surface area contributed by atoms with Crippen LogP contribution in [0.3, 0.4) is 0 Å². The number of rotatable bonds is 2. The van der Waals surface area contributed by atoms with Gasteiger partial charge in [0.05, 0.1) is 18.7 Å². The SMILES string of the molecule is CC1(O)CN(C(=O)c2ccc(OC(F)(F)F)cc2)C1. The molecule has 1 amide bonds. The van der Waals surface area contributed by atoms with E-state index in [1.807, 2.05) is 0 Å². The fourth-order valence-electron chi connectivity index (χ4n) is 1.90. The molecule has 7 heteroatoms. The van der Waals surface area contributed by atoms with Gasteiger partial charge in [-0.15, -0.1) is 13.2 Å². The van der Waals surface area contributed by atoms with Crippen LogP contribution >= 0.6 is 0 Å². The van der Waals surface area contributed by atoms with E-state index in [1.165, 1.54) is 17.0 Å². The lowest BCUT2D eigenvalue weighted by atomic mass is 9.96. The molecule has 1 aromatic rings. The zero-order valence-electron chi connectivity index (χ0n) is 10.1. The van der Waals surface area contributed by atoms with Gasteiger partial charge in [-0.3, -0.25) is 4.79 Å². The number of hydrogen-bond acceptors (Lipinski definition) is 3. The van der Waals surface area contributed by atoms with Gasteiger partial charge >= 0.3 is 6.36 Å². The topological polar surface area (TPSA) is 49.8 Å². The van der Waals surface area contributed by atoms with E-state index in [0.717, 1.165) is 12.1 Å². The molecule has 1 saturated heterocycles. The van der Waals surface area contributed by atoms with Crippen LogP contribution in [0.4, 0.5) is 13.2 Å². The first-order chi connectivity index (χ1) is 8.66. The number of likely N-dealkylation sites (tertiary alicyclic amines) is 1. The van der Waals surface area contributed by atoms with Crippen molar-refractivity contribution in [3.8, 4) is 5.75 Å². The number of nitrogens with zero attached hydrogens (tertiary/aromatic N) is 1. The minimum absolute atomic E-state index is 0.215. The van der Waals surface area contributed by atoms with Crippen molar-refractivity contribution < 1.29 is 27.8 Å². The fourth-order valence-corrected chi connectivity index (χ4v) is 1.90. The summed E-state index contributed by atoms with van der Waals surface area (Å²) in [5.41, 5.74) is -0.625. The standard InChI is InChI=1S/C12H12F3NO3/c1-11(18)6-16(7-11)10(17)8-2-4-9(5-3-8)19-12(13,14)15/h2-5,18H,6-7H2,1H3. The molecule has 1 aliphatic heterocycles. The summed E-state index contributed by atoms with van der Waals surface area (Å²) >= 11 is 0. The van der Waals surface area contributed by atoms with Crippen molar-refractivity contribution in [1.82, 2.24) is 4.90 Å². The van der Waals surface area contributed by atoms with E-state index in [-0.39, 0.29) is 30.3 Å². The largest absolute Gasteiger partial charge is 0.573 e. The van der Waals surface area contributed by atoms with Gasteiger partial charge in [0.1, 0.15) is 5.75 Å². The molecule has 19 heavy (non-hydrogen) atoms. The number of halogens is 3. The Kier molecular flexibility index (Phi) is 3.17. The first kappa shape index (κ1) is 13.7. The molecule has 0 unspecified atom stereocenters. The summed E-state index contributed by atoms with van der Waals surface area (Å²) in [6.07, 6.45) is -4.75. The molecule has 1 aliphatic rings. The molecule has 0 aromatic heterocycles. The second-order valence-corrected chi connectivity index (χ2v) is 4.73. The Bertz CT molecular complexity index is 474. The van der Waals surface area contributed by atoms with Crippen molar-refractivity contribution >= 4 is 5.91 Å². The first-order valence-electron chi connectivity index (χ1n) is 5.54. The third-order valence-corrected chi connectivity index (χ3v) is 2.69. The maximum atomic E-state index is 12.0. The van der Waals surface area contributed by atoms with Gasteiger partial charge in [-0.05, 0) is 31.2 Å². The van der Waals surface area contributed by atoms with Crippen molar-refractivity contribution in [2.75, 3.05) is 13.1 Å². The Morgan fingerprint density at radius 2 is 1.84 bits per heavy atom.